The lowest BCUT2D eigenvalue weighted by atomic mass is 10.2. The number of carbonyl (C=O) groups is 1. The van der Waals surface area contributed by atoms with Crippen molar-refractivity contribution in [2.75, 3.05) is 5.32 Å². The summed E-state index contributed by atoms with van der Waals surface area (Å²) in [5, 5.41) is 7.70. The zero-order valence-electron chi connectivity index (χ0n) is 12.4. The van der Waals surface area contributed by atoms with Crippen LogP contribution < -0.4 is 5.32 Å². The van der Waals surface area contributed by atoms with Gasteiger partial charge in [-0.2, -0.15) is 5.10 Å². The van der Waals surface area contributed by atoms with Gasteiger partial charge in [-0.05, 0) is 24.6 Å². The number of rotatable bonds is 4. The Morgan fingerprint density at radius 3 is 2.65 bits per heavy atom. The third kappa shape index (κ3) is 3.73. The number of halogens is 1. The molecule has 0 aliphatic heterocycles. The first kappa shape index (κ1) is 15.2. The minimum Gasteiger partial charge on any atom is -0.305 e. The number of benzene rings is 1. The molecule has 0 spiro atoms. The molecule has 0 aliphatic carbocycles. The fraction of sp³-hybridized carbons (Fsp3) is 0.125. The van der Waals surface area contributed by atoms with E-state index in [1.807, 2.05) is 31.2 Å². The number of aromatic nitrogens is 4. The van der Waals surface area contributed by atoms with E-state index < -0.39 is 0 Å². The second-order valence-corrected chi connectivity index (χ2v) is 5.43. The summed E-state index contributed by atoms with van der Waals surface area (Å²) in [5.74, 6) is 0.266. The first-order valence-corrected chi connectivity index (χ1v) is 7.36. The molecule has 1 amide bonds. The summed E-state index contributed by atoms with van der Waals surface area (Å²) in [6.07, 6.45) is 4.64. The number of anilines is 1. The van der Waals surface area contributed by atoms with Gasteiger partial charge in [-0.15, -0.1) is 0 Å². The zero-order valence-corrected chi connectivity index (χ0v) is 13.2. The highest BCUT2D eigenvalue weighted by Gasteiger charge is 2.11. The zero-order chi connectivity index (χ0) is 16.2. The van der Waals surface area contributed by atoms with Gasteiger partial charge in [0.05, 0.1) is 24.6 Å². The Kier molecular flexibility index (Phi) is 4.34. The van der Waals surface area contributed by atoms with Crippen LogP contribution in [0.2, 0.25) is 5.02 Å². The van der Waals surface area contributed by atoms with Gasteiger partial charge < -0.3 is 5.32 Å². The molecule has 0 saturated heterocycles. The lowest BCUT2D eigenvalue weighted by Gasteiger charge is -2.09. The molecule has 0 unspecified atom stereocenters. The average molecular weight is 328 g/mol. The highest BCUT2D eigenvalue weighted by Crippen LogP contribution is 2.14. The highest BCUT2D eigenvalue weighted by atomic mass is 35.5. The topological polar surface area (TPSA) is 72.7 Å². The molecule has 1 aromatic carbocycles. The number of hydrogen-bond acceptors (Lipinski definition) is 4. The number of carbonyl (C=O) groups excluding carboxylic acids is 1. The van der Waals surface area contributed by atoms with E-state index in [-0.39, 0.29) is 11.6 Å². The molecular weight excluding hydrogens is 314 g/mol. The fourth-order valence-electron chi connectivity index (χ4n) is 2.02. The van der Waals surface area contributed by atoms with Crippen LogP contribution in [0.15, 0.2) is 48.9 Å². The van der Waals surface area contributed by atoms with Crippen molar-refractivity contribution >= 4 is 23.3 Å². The average Bonchev–Trinajstić information content (AvgIpc) is 2.97. The third-order valence-corrected chi connectivity index (χ3v) is 3.47. The van der Waals surface area contributed by atoms with Gasteiger partial charge >= 0.3 is 0 Å². The van der Waals surface area contributed by atoms with Crippen LogP contribution in [0, 0.1) is 6.92 Å². The van der Waals surface area contributed by atoms with Crippen molar-refractivity contribution in [2.24, 2.45) is 0 Å². The van der Waals surface area contributed by atoms with Crippen LogP contribution in [0.5, 0.6) is 0 Å². The van der Waals surface area contributed by atoms with Crippen molar-refractivity contribution in [3.05, 3.63) is 70.9 Å². The molecule has 2 aromatic heterocycles. The Morgan fingerprint density at radius 1 is 1.17 bits per heavy atom. The number of amides is 1. The van der Waals surface area contributed by atoms with Crippen molar-refractivity contribution in [2.45, 2.75) is 13.5 Å². The fourth-order valence-corrected chi connectivity index (χ4v) is 2.14. The maximum Gasteiger partial charge on any atom is 0.277 e. The van der Waals surface area contributed by atoms with Crippen molar-refractivity contribution in [3.63, 3.8) is 0 Å². The Labute approximate surface area is 138 Å². The van der Waals surface area contributed by atoms with Crippen molar-refractivity contribution < 1.29 is 4.79 Å². The van der Waals surface area contributed by atoms with E-state index >= 15 is 0 Å². The lowest BCUT2D eigenvalue weighted by molar-refractivity contribution is 0.102. The van der Waals surface area contributed by atoms with Gasteiger partial charge in [0, 0.05) is 17.3 Å². The Bertz CT molecular complexity index is 811. The second kappa shape index (κ2) is 6.58. The third-order valence-electron chi connectivity index (χ3n) is 3.22. The summed E-state index contributed by atoms with van der Waals surface area (Å²) in [6.45, 7) is 2.34. The van der Waals surface area contributed by atoms with Crippen LogP contribution in [0.25, 0.3) is 0 Å². The summed E-state index contributed by atoms with van der Waals surface area (Å²) in [4.78, 5) is 20.3. The number of nitrogens with zero attached hydrogens (tertiary/aromatic N) is 4. The monoisotopic (exact) mass is 327 g/mol. The van der Waals surface area contributed by atoms with Gasteiger partial charge in [0.2, 0.25) is 0 Å². The summed E-state index contributed by atoms with van der Waals surface area (Å²) in [7, 11) is 0. The molecule has 3 aromatic rings. The molecule has 0 atom stereocenters. The van der Waals surface area contributed by atoms with E-state index in [0.29, 0.717) is 17.4 Å². The minimum atomic E-state index is -0.324. The van der Waals surface area contributed by atoms with Gasteiger partial charge in [-0.25, -0.2) is 9.67 Å². The molecule has 0 aliphatic rings. The first-order valence-electron chi connectivity index (χ1n) is 6.98. The maximum absolute atomic E-state index is 12.2. The summed E-state index contributed by atoms with van der Waals surface area (Å²) >= 11 is 5.88. The van der Waals surface area contributed by atoms with E-state index in [4.69, 9.17) is 11.6 Å². The van der Waals surface area contributed by atoms with Crippen LogP contribution in [-0.2, 0) is 6.54 Å². The normalized spacial score (nSPS) is 10.5. The van der Waals surface area contributed by atoms with Gasteiger partial charge in [-0.3, -0.25) is 9.78 Å². The SMILES string of the molecule is Cc1cnc(C(=O)Nc2ccnn2Cc2ccc(Cl)cc2)cn1. The maximum atomic E-state index is 12.2. The van der Waals surface area contributed by atoms with Crippen LogP contribution in [0.3, 0.4) is 0 Å². The molecule has 1 N–H and O–H groups in total. The summed E-state index contributed by atoms with van der Waals surface area (Å²) in [5.41, 5.74) is 2.05. The predicted molar refractivity (Wildman–Crippen MR) is 87.5 cm³/mol. The molecule has 6 nitrogen and oxygen atoms in total. The standard InChI is InChI=1S/C16H14ClN5O/c1-11-8-19-14(9-18-11)16(23)21-15-6-7-20-22(15)10-12-2-4-13(17)5-3-12/h2-9H,10H2,1H3,(H,21,23). The van der Waals surface area contributed by atoms with E-state index in [0.717, 1.165) is 11.3 Å². The molecule has 0 fully saturated rings. The molecule has 3 rings (SSSR count). The summed E-state index contributed by atoms with van der Waals surface area (Å²) < 4.78 is 1.70. The van der Waals surface area contributed by atoms with Crippen molar-refractivity contribution in [1.29, 1.82) is 0 Å². The van der Waals surface area contributed by atoms with Gasteiger partial charge in [0.25, 0.3) is 5.91 Å². The highest BCUT2D eigenvalue weighted by molar-refractivity contribution is 6.30. The first-order chi connectivity index (χ1) is 11.1. The molecule has 0 radical (unpaired) electrons. The summed E-state index contributed by atoms with van der Waals surface area (Å²) in [6, 6.07) is 9.21. The number of nitrogens with one attached hydrogen (secondary N) is 1. The second-order valence-electron chi connectivity index (χ2n) is 5.00. The largest absolute Gasteiger partial charge is 0.305 e. The molecule has 2 heterocycles. The molecule has 116 valence electrons. The van der Waals surface area contributed by atoms with E-state index in [1.165, 1.54) is 6.20 Å². The smallest absolute Gasteiger partial charge is 0.277 e. The van der Waals surface area contributed by atoms with Crippen LogP contribution in [-0.4, -0.2) is 25.7 Å². The number of aryl methyl sites for hydroxylation is 1. The van der Waals surface area contributed by atoms with Gasteiger partial charge in [0.1, 0.15) is 11.5 Å². The number of hydrogen-bond donors (Lipinski definition) is 1. The lowest BCUT2D eigenvalue weighted by Crippen LogP contribution is -2.17. The van der Waals surface area contributed by atoms with Crippen LogP contribution in [0.4, 0.5) is 5.82 Å². The quantitative estimate of drug-likeness (QED) is 0.799. The predicted octanol–water partition coefficient (Wildman–Crippen LogP) is 2.94. The van der Waals surface area contributed by atoms with E-state index in [9.17, 15) is 4.79 Å². The molecule has 0 bridgehead atoms. The Morgan fingerprint density at radius 2 is 1.96 bits per heavy atom. The molecule has 7 heteroatoms. The molecule has 0 saturated carbocycles. The Balaban J connectivity index is 1.74. The van der Waals surface area contributed by atoms with Crippen LogP contribution in [0.1, 0.15) is 21.7 Å². The van der Waals surface area contributed by atoms with Crippen molar-refractivity contribution in [1.82, 2.24) is 19.7 Å². The van der Waals surface area contributed by atoms with E-state index in [1.54, 1.807) is 23.1 Å². The minimum absolute atomic E-state index is 0.259. The molecular formula is C16H14ClN5O. The van der Waals surface area contributed by atoms with Crippen molar-refractivity contribution in [3.8, 4) is 0 Å². The Hall–Kier alpha value is -2.73. The van der Waals surface area contributed by atoms with Crippen LogP contribution >= 0.6 is 11.6 Å². The van der Waals surface area contributed by atoms with Gasteiger partial charge in [-0.1, -0.05) is 23.7 Å². The van der Waals surface area contributed by atoms with E-state index in [2.05, 4.69) is 20.4 Å². The molecule has 23 heavy (non-hydrogen) atoms. The van der Waals surface area contributed by atoms with Gasteiger partial charge in [0.15, 0.2) is 0 Å².